The smallest absolute Gasteiger partial charge is 0.224 e. The molecule has 0 saturated carbocycles. The molecule has 0 aliphatic heterocycles. The van der Waals surface area contributed by atoms with Crippen LogP contribution in [0.15, 0.2) is 64.9 Å². The Morgan fingerprint density at radius 3 is 2.82 bits per heavy atom. The maximum absolute atomic E-state index is 14.0. The van der Waals surface area contributed by atoms with Crippen molar-refractivity contribution >= 4 is 17.9 Å². The van der Waals surface area contributed by atoms with Crippen LogP contribution < -0.4 is 15.8 Å². The molecule has 0 saturated heterocycles. The van der Waals surface area contributed by atoms with Gasteiger partial charge >= 0.3 is 0 Å². The lowest BCUT2D eigenvalue weighted by Gasteiger charge is -2.14. The summed E-state index contributed by atoms with van der Waals surface area (Å²) in [5.74, 6) is -0.334. The molecule has 2 aromatic heterocycles. The third-order valence-corrected chi connectivity index (χ3v) is 4.98. The Morgan fingerprint density at radius 2 is 2.15 bits per heavy atom. The number of nitrogens with zero attached hydrogens (tertiary/aromatic N) is 4. The molecule has 2 heterocycles. The first-order valence-electron chi connectivity index (χ1n) is 10.0. The number of nitrogens with one attached hydrogen (secondary N) is 4. The second-order valence-corrected chi connectivity index (χ2v) is 6.87. The van der Waals surface area contributed by atoms with Crippen molar-refractivity contribution in [3.63, 3.8) is 0 Å². The number of hydrogen-bond acceptors (Lipinski definition) is 7. The number of hydrogen-bond donors (Lipinski definition) is 5. The molecule has 1 atom stereocenters. The van der Waals surface area contributed by atoms with Gasteiger partial charge < -0.3 is 20.8 Å². The van der Waals surface area contributed by atoms with Gasteiger partial charge in [0.2, 0.25) is 5.88 Å². The molecule has 11 heteroatoms. The fourth-order valence-corrected chi connectivity index (χ4v) is 3.41. The minimum absolute atomic E-state index is 0.0878. The second-order valence-electron chi connectivity index (χ2n) is 6.87. The monoisotopic (exact) mass is 449 g/mol. The molecule has 3 aromatic rings. The van der Waals surface area contributed by atoms with Crippen molar-refractivity contribution in [1.82, 2.24) is 15.0 Å². The highest BCUT2D eigenvalue weighted by atomic mass is 19.1. The predicted octanol–water partition coefficient (Wildman–Crippen LogP) is 4.41. The van der Waals surface area contributed by atoms with Crippen LogP contribution in [0.1, 0.15) is 30.7 Å². The van der Waals surface area contributed by atoms with Crippen molar-refractivity contribution in [2.24, 2.45) is 15.8 Å². The van der Waals surface area contributed by atoms with Crippen LogP contribution in [0.4, 0.5) is 10.1 Å². The second kappa shape index (κ2) is 10.8. The molecule has 6 N–H and O–H groups in total. The number of rotatable bonds is 10. The van der Waals surface area contributed by atoms with E-state index in [1.165, 1.54) is 25.7 Å². The predicted molar refractivity (Wildman–Crippen MR) is 124 cm³/mol. The van der Waals surface area contributed by atoms with Crippen molar-refractivity contribution in [2.45, 2.75) is 19.3 Å². The summed E-state index contributed by atoms with van der Waals surface area (Å²) in [6.45, 7) is 1.94. The van der Waals surface area contributed by atoms with Gasteiger partial charge in [0.1, 0.15) is 24.3 Å². The first kappa shape index (κ1) is 23.3. The topological polar surface area (TPSA) is 161 Å². The SMILES string of the molecule is CCC(/C(=C/Nc1ccccc1F)N=N)c1cc(-c2cncnc2OC)c(/C(N)=N\C=N)[nH]1. The van der Waals surface area contributed by atoms with Crippen LogP contribution in [0.5, 0.6) is 5.88 Å². The fourth-order valence-electron chi connectivity index (χ4n) is 3.41. The Balaban J connectivity index is 2.08. The molecule has 0 radical (unpaired) electrons. The van der Waals surface area contributed by atoms with Crippen molar-refractivity contribution in [3.05, 3.63) is 72.0 Å². The standard InChI is InChI=1S/C22H24FN9O/c1-3-13(19(32-26)10-28-17-7-5-4-6-16(17)23)18-8-14(20(31-18)21(25)29-11-24)15-9-27-12-30-22(15)33-2/h4-13,26,28,31H,3H2,1-2H3,(H3,24,25,29)/b19-10-,32-26?. The number of amidine groups is 1. The van der Waals surface area contributed by atoms with Crippen LogP contribution >= 0.6 is 0 Å². The van der Waals surface area contributed by atoms with Gasteiger partial charge in [-0.3, -0.25) is 5.41 Å². The van der Waals surface area contributed by atoms with Gasteiger partial charge in [-0.2, -0.15) is 5.11 Å². The number of benzene rings is 1. The zero-order chi connectivity index (χ0) is 23.8. The van der Waals surface area contributed by atoms with Crippen molar-refractivity contribution in [3.8, 4) is 17.0 Å². The number of H-pyrrole nitrogens is 1. The zero-order valence-electron chi connectivity index (χ0n) is 18.1. The summed E-state index contributed by atoms with van der Waals surface area (Å²) in [7, 11) is 1.50. The number of para-hydroxylation sites is 1. The highest BCUT2D eigenvalue weighted by Crippen LogP contribution is 2.36. The van der Waals surface area contributed by atoms with Crippen LogP contribution in [-0.2, 0) is 0 Å². The van der Waals surface area contributed by atoms with Crippen LogP contribution in [-0.4, -0.2) is 34.2 Å². The third-order valence-electron chi connectivity index (χ3n) is 4.98. The van der Waals surface area contributed by atoms with E-state index in [1.54, 1.807) is 24.4 Å². The largest absolute Gasteiger partial charge is 0.480 e. The first-order chi connectivity index (χ1) is 16.0. The Morgan fingerprint density at radius 1 is 1.36 bits per heavy atom. The number of aromatic nitrogens is 3. The quantitative estimate of drug-likeness (QED) is 0.176. The molecule has 170 valence electrons. The Kier molecular flexibility index (Phi) is 7.58. The van der Waals surface area contributed by atoms with Gasteiger partial charge in [-0.15, -0.1) is 0 Å². The summed E-state index contributed by atoms with van der Waals surface area (Å²) in [5, 5.41) is 13.8. The molecule has 10 nitrogen and oxygen atoms in total. The molecule has 0 aliphatic carbocycles. The van der Waals surface area contributed by atoms with E-state index in [-0.39, 0.29) is 17.4 Å². The van der Waals surface area contributed by atoms with Gasteiger partial charge in [0, 0.05) is 29.6 Å². The lowest BCUT2D eigenvalue weighted by Crippen LogP contribution is -2.15. The van der Waals surface area contributed by atoms with Gasteiger partial charge in [0.05, 0.1) is 29.8 Å². The molecule has 1 aromatic carbocycles. The average molecular weight is 449 g/mol. The van der Waals surface area contributed by atoms with E-state index in [4.69, 9.17) is 21.4 Å². The summed E-state index contributed by atoms with van der Waals surface area (Å²) in [6.07, 6.45) is 5.88. The maximum Gasteiger partial charge on any atom is 0.224 e. The Bertz CT molecular complexity index is 1200. The minimum Gasteiger partial charge on any atom is -0.480 e. The summed E-state index contributed by atoms with van der Waals surface area (Å²) in [4.78, 5) is 15.3. The van der Waals surface area contributed by atoms with E-state index < -0.39 is 5.82 Å². The fraction of sp³-hybridized carbons (Fsp3) is 0.182. The normalized spacial score (nSPS) is 12.8. The molecular weight excluding hydrogens is 425 g/mol. The summed E-state index contributed by atoms with van der Waals surface area (Å²) in [5.41, 5.74) is 16.8. The van der Waals surface area contributed by atoms with Gasteiger partial charge in [-0.1, -0.05) is 19.1 Å². The summed E-state index contributed by atoms with van der Waals surface area (Å²) >= 11 is 0. The molecule has 0 amide bonds. The molecule has 0 bridgehead atoms. The van der Waals surface area contributed by atoms with E-state index in [1.807, 2.05) is 13.0 Å². The lowest BCUT2D eigenvalue weighted by atomic mass is 9.98. The summed E-state index contributed by atoms with van der Waals surface area (Å²) < 4.78 is 19.3. The number of nitrogens with two attached hydrogens (primary N) is 1. The molecule has 0 fully saturated rings. The van der Waals surface area contributed by atoms with Crippen molar-refractivity contribution in [2.75, 3.05) is 12.4 Å². The number of ether oxygens (including phenoxy) is 1. The van der Waals surface area contributed by atoms with Crippen LogP contribution in [0.2, 0.25) is 0 Å². The Hall–Kier alpha value is -4.41. The average Bonchev–Trinajstić information content (AvgIpc) is 3.27. The number of aliphatic imine (C=N–C) groups is 1. The van der Waals surface area contributed by atoms with E-state index in [9.17, 15) is 4.39 Å². The number of halogens is 1. The van der Waals surface area contributed by atoms with E-state index in [0.29, 0.717) is 40.5 Å². The summed E-state index contributed by atoms with van der Waals surface area (Å²) in [6, 6.07) is 8.07. The van der Waals surface area contributed by atoms with Gasteiger partial charge in [-0.05, 0) is 24.6 Å². The van der Waals surface area contributed by atoms with Crippen LogP contribution in [0, 0.1) is 16.8 Å². The molecule has 1 unspecified atom stereocenters. The molecule has 3 rings (SSSR count). The van der Waals surface area contributed by atoms with Crippen LogP contribution in [0.25, 0.3) is 11.1 Å². The number of methoxy groups -OCH3 is 1. The Labute approximate surface area is 189 Å². The molecular formula is C22H24FN9O. The van der Waals surface area contributed by atoms with E-state index in [2.05, 4.69) is 30.4 Å². The van der Waals surface area contributed by atoms with Gasteiger partial charge in [0.15, 0.2) is 0 Å². The third kappa shape index (κ3) is 5.09. The van der Waals surface area contributed by atoms with Gasteiger partial charge in [0.25, 0.3) is 0 Å². The van der Waals surface area contributed by atoms with Crippen LogP contribution in [0.3, 0.4) is 0 Å². The zero-order valence-corrected chi connectivity index (χ0v) is 18.1. The van der Waals surface area contributed by atoms with Gasteiger partial charge in [-0.25, -0.2) is 24.9 Å². The minimum atomic E-state index is -0.414. The lowest BCUT2D eigenvalue weighted by molar-refractivity contribution is 0.398. The van der Waals surface area contributed by atoms with E-state index in [0.717, 1.165) is 6.34 Å². The first-order valence-corrected chi connectivity index (χ1v) is 10.0. The molecule has 0 spiro atoms. The van der Waals surface area contributed by atoms with Crippen molar-refractivity contribution < 1.29 is 9.13 Å². The number of anilines is 1. The maximum atomic E-state index is 14.0. The van der Waals surface area contributed by atoms with Crippen molar-refractivity contribution in [1.29, 1.82) is 10.9 Å². The number of allylic oxidation sites excluding steroid dienone is 1. The molecule has 33 heavy (non-hydrogen) atoms. The highest BCUT2D eigenvalue weighted by molar-refractivity contribution is 6.05. The highest BCUT2D eigenvalue weighted by Gasteiger charge is 2.23. The van der Waals surface area contributed by atoms with E-state index >= 15 is 0 Å². The molecule has 0 aliphatic rings. The number of aromatic amines is 1.